The predicted molar refractivity (Wildman–Crippen MR) is 129 cm³/mol. The maximum atomic E-state index is 6.01. The highest BCUT2D eigenvalue weighted by atomic mass is 35.5. The van der Waals surface area contributed by atoms with E-state index < -0.39 is 0 Å². The van der Waals surface area contributed by atoms with Crippen molar-refractivity contribution >= 4 is 23.2 Å². The minimum absolute atomic E-state index is 0.780. The summed E-state index contributed by atoms with van der Waals surface area (Å²) < 4.78 is 5.53. The van der Waals surface area contributed by atoms with Crippen molar-refractivity contribution in [3.63, 3.8) is 0 Å². The lowest BCUT2D eigenvalue weighted by molar-refractivity contribution is 0.243. The lowest BCUT2D eigenvalue weighted by Gasteiger charge is -2.37. The molecule has 166 valence electrons. The molecule has 2 aromatic carbocycles. The van der Waals surface area contributed by atoms with E-state index in [2.05, 4.69) is 39.0 Å². The zero-order valence-corrected chi connectivity index (χ0v) is 19.1. The first kappa shape index (κ1) is 21.0. The number of halogens is 1. The molecule has 0 aliphatic carbocycles. The Bertz CT molecular complexity index is 1070. The van der Waals surface area contributed by atoms with Crippen LogP contribution in [0.2, 0.25) is 5.02 Å². The van der Waals surface area contributed by atoms with Crippen LogP contribution in [0.25, 0.3) is 0 Å². The third kappa shape index (κ3) is 4.52. The van der Waals surface area contributed by atoms with Crippen molar-refractivity contribution in [1.29, 1.82) is 0 Å². The van der Waals surface area contributed by atoms with Gasteiger partial charge in [0.1, 0.15) is 5.75 Å². The van der Waals surface area contributed by atoms with Gasteiger partial charge in [0, 0.05) is 69.0 Å². The molecule has 3 heterocycles. The zero-order valence-electron chi connectivity index (χ0n) is 18.4. The molecule has 0 radical (unpaired) electrons. The number of aromatic nitrogens is 2. The Morgan fingerprint density at radius 1 is 0.938 bits per heavy atom. The molecule has 0 saturated carbocycles. The van der Waals surface area contributed by atoms with Gasteiger partial charge in [-0.1, -0.05) is 35.9 Å². The van der Waals surface area contributed by atoms with Crippen molar-refractivity contribution in [3.8, 4) is 5.75 Å². The van der Waals surface area contributed by atoms with E-state index in [1.165, 1.54) is 16.8 Å². The highest BCUT2D eigenvalue weighted by molar-refractivity contribution is 6.30. The molecule has 2 aliphatic heterocycles. The van der Waals surface area contributed by atoms with Crippen LogP contribution in [-0.4, -0.2) is 54.7 Å². The van der Waals surface area contributed by atoms with Gasteiger partial charge in [-0.2, -0.15) is 0 Å². The molecule has 1 aromatic heterocycles. The van der Waals surface area contributed by atoms with Crippen LogP contribution in [0, 0.1) is 0 Å². The van der Waals surface area contributed by atoms with Crippen LogP contribution in [0.1, 0.15) is 16.8 Å². The Morgan fingerprint density at radius 2 is 1.69 bits per heavy atom. The van der Waals surface area contributed by atoms with Crippen molar-refractivity contribution in [2.75, 3.05) is 49.6 Å². The lowest BCUT2D eigenvalue weighted by atomic mass is 10.1. The fraction of sp³-hybridized carbons (Fsp3) is 0.360. The second-order valence-electron chi connectivity index (χ2n) is 8.38. The lowest BCUT2D eigenvalue weighted by Crippen LogP contribution is -2.47. The van der Waals surface area contributed by atoms with Gasteiger partial charge in [-0.05, 0) is 29.8 Å². The van der Waals surface area contributed by atoms with Gasteiger partial charge < -0.3 is 14.5 Å². The number of benzene rings is 2. The van der Waals surface area contributed by atoms with Crippen LogP contribution < -0.4 is 14.5 Å². The SMILES string of the molecule is COc1ccccc1N1CCN(c2ncc3c(n2)CCN(Cc2ccc(Cl)cc2)C3)CC1. The van der Waals surface area contributed by atoms with E-state index in [9.17, 15) is 0 Å². The first-order valence-electron chi connectivity index (χ1n) is 11.1. The predicted octanol–water partition coefficient (Wildman–Crippen LogP) is 4.02. The van der Waals surface area contributed by atoms with Crippen molar-refractivity contribution < 1.29 is 4.74 Å². The molecule has 1 saturated heterocycles. The van der Waals surface area contributed by atoms with Crippen LogP contribution in [0.3, 0.4) is 0 Å². The summed E-state index contributed by atoms with van der Waals surface area (Å²) in [6, 6.07) is 16.3. The third-order valence-electron chi connectivity index (χ3n) is 6.31. The number of methoxy groups -OCH3 is 1. The number of hydrogen-bond donors (Lipinski definition) is 0. The average Bonchev–Trinajstić information content (AvgIpc) is 2.85. The maximum Gasteiger partial charge on any atom is 0.225 e. The van der Waals surface area contributed by atoms with Crippen LogP contribution in [-0.2, 0) is 19.5 Å². The topological polar surface area (TPSA) is 44.7 Å². The Hall–Kier alpha value is -2.83. The van der Waals surface area contributed by atoms with E-state index in [0.717, 1.165) is 74.6 Å². The molecular weight excluding hydrogens is 422 g/mol. The van der Waals surface area contributed by atoms with Gasteiger partial charge in [0.05, 0.1) is 18.5 Å². The third-order valence-corrected chi connectivity index (χ3v) is 6.56. The van der Waals surface area contributed by atoms with Gasteiger partial charge in [0.15, 0.2) is 0 Å². The van der Waals surface area contributed by atoms with E-state index in [0.29, 0.717) is 0 Å². The Balaban J connectivity index is 1.21. The molecule has 32 heavy (non-hydrogen) atoms. The molecule has 0 unspecified atom stereocenters. The first-order chi connectivity index (χ1) is 15.7. The number of hydrogen-bond acceptors (Lipinski definition) is 6. The normalized spacial score (nSPS) is 16.7. The van der Waals surface area contributed by atoms with Crippen LogP contribution in [0.4, 0.5) is 11.6 Å². The van der Waals surface area contributed by atoms with Crippen molar-refractivity contribution in [2.24, 2.45) is 0 Å². The van der Waals surface area contributed by atoms with E-state index in [1.807, 2.05) is 30.5 Å². The van der Waals surface area contributed by atoms with Gasteiger partial charge in [-0.15, -0.1) is 0 Å². The Labute approximate surface area is 194 Å². The number of anilines is 2. The molecule has 0 atom stereocenters. The molecule has 1 fully saturated rings. The molecular formula is C25H28ClN5O. The number of para-hydroxylation sites is 2. The van der Waals surface area contributed by atoms with E-state index in [4.69, 9.17) is 26.3 Å². The Morgan fingerprint density at radius 3 is 2.47 bits per heavy atom. The van der Waals surface area contributed by atoms with E-state index in [-0.39, 0.29) is 0 Å². The molecule has 5 rings (SSSR count). The molecule has 0 N–H and O–H groups in total. The monoisotopic (exact) mass is 449 g/mol. The molecule has 7 heteroatoms. The van der Waals surface area contributed by atoms with Crippen LogP contribution >= 0.6 is 11.6 Å². The molecule has 3 aromatic rings. The summed E-state index contributed by atoms with van der Waals surface area (Å²) in [7, 11) is 1.73. The number of nitrogens with zero attached hydrogens (tertiary/aromatic N) is 5. The van der Waals surface area contributed by atoms with Crippen molar-refractivity contribution in [3.05, 3.63) is 76.6 Å². The summed E-state index contributed by atoms with van der Waals surface area (Å²) in [6.45, 7) is 6.47. The van der Waals surface area contributed by atoms with Gasteiger partial charge in [0.25, 0.3) is 0 Å². The van der Waals surface area contributed by atoms with Gasteiger partial charge in [-0.3, -0.25) is 4.90 Å². The number of piperazine rings is 1. The molecule has 0 spiro atoms. The molecule has 0 amide bonds. The second-order valence-corrected chi connectivity index (χ2v) is 8.81. The molecule has 0 bridgehead atoms. The quantitative estimate of drug-likeness (QED) is 0.586. The second kappa shape index (κ2) is 9.35. The Kier molecular flexibility index (Phi) is 6.14. The zero-order chi connectivity index (χ0) is 21.9. The fourth-order valence-electron chi connectivity index (χ4n) is 4.54. The summed E-state index contributed by atoms with van der Waals surface area (Å²) in [5.41, 5.74) is 4.86. The summed E-state index contributed by atoms with van der Waals surface area (Å²) in [5, 5.41) is 0.780. The number of ether oxygens (including phenoxy) is 1. The highest BCUT2D eigenvalue weighted by Gasteiger charge is 2.24. The van der Waals surface area contributed by atoms with E-state index >= 15 is 0 Å². The molecule has 6 nitrogen and oxygen atoms in total. The van der Waals surface area contributed by atoms with Crippen LogP contribution in [0.5, 0.6) is 5.75 Å². The smallest absolute Gasteiger partial charge is 0.225 e. The minimum Gasteiger partial charge on any atom is -0.495 e. The maximum absolute atomic E-state index is 6.01. The fourth-order valence-corrected chi connectivity index (χ4v) is 4.66. The summed E-state index contributed by atoms with van der Waals surface area (Å²) in [6.07, 6.45) is 2.98. The van der Waals surface area contributed by atoms with Crippen molar-refractivity contribution in [2.45, 2.75) is 19.5 Å². The molecule has 2 aliphatic rings. The summed E-state index contributed by atoms with van der Waals surface area (Å²) >= 11 is 6.01. The largest absolute Gasteiger partial charge is 0.495 e. The van der Waals surface area contributed by atoms with Gasteiger partial charge in [-0.25, -0.2) is 9.97 Å². The van der Waals surface area contributed by atoms with E-state index in [1.54, 1.807) is 7.11 Å². The van der Waals surface area contributed by atoms with Gasteiger partial charge >= 0.3 is 0 Å². The number of fused-ring (bicyclic) bond motifs is 1. The van der Waals surface area contributed by atoms with Crippen LogP contribution in [0.15, 0.2) is 54.7 Å². The standard InChI is InChI=1S/C25H28ClN5O/c1-32-24-5-3-2-4-23(24)30-12-14-31(15-13-30)25-27-16-20-18-29(11-10-22(20)28-25)17-19-6-8-21(26)9-7-19/h2-9,16H,10-15,17-18H2,1H3. The minimum atomic E-state index is 0.780. The number of rotatable bonds is 5. The average molecular weight is 450 g/mol. The van der Waals surface area contributed by atoms with Gasteiger partial charge in [0.2, 0.25) is 5.95 Å². The summed E-state index contributed by atoms with van der Waals surface area (Å²) in [5.74, 6) is 1.78. The first-order valence-corrected chi connectivity index (χ1v) is 11.5. The van der Waals surface area contributed by atoms with Crippen molar-refractivity contribution in [1.82, 2.24) is 14.9 Å². The summed E-state index contributed by atoms with van der Waals surface area (Å²) in [4.78, 5) is 16.8. The highest BCUT2D eigenvalue weighted by Crippen LogP contribution is 2.29.